The van der Waals surface area contributed by atoms with Gasteiger partial charge >= 0.3 is 5.97 Å². The monoisotopic (exact) mass is 386 g/mol. The molecular formula is C19H15ClN2O3S. The first-order valence-corrected chi connectivity index (χ1v) is 9.07. The van der Waals surface area contributed by atoms with Crippen LogP contribution in [0.3, 0.4) is 0 Å². The van der Waals surface area contributed by atoms with E-state index in [0.29, 0.717) is 10.7 Å². The van der Waals surface area contributed by atoms with Gasteiger partial charge in [0.15, 0.2) is 6.61 Å². The molecule has 0 aliphatic heterocycles. The fourth-order valence-corrected chi connectivity index (χ4v) is 3.15. The van der Waals surface area contributed by atoms with Crippen LogP contribution in [0.1, 0.15) is 15.9 Å². The third-order valence-corrected chi connectivity index (χ3v) is 4.55. The quantitative estimate of drug-likeness (QED) is 0.652. The number of aromatic nitrogens is 1. The van der Waals surface area contributed by atoms with Gasteiger partial charge in [-0.2, -0.15) is 11.3 Å². The van der Waals surface area contributed by atoms with E-state index in [2.05, 4.69) is 10.3 Å². The maximum atomic E-state index is 12.0. The Morgan fingerprint density at radius 3 is 2.73 bits per heavy atom. The van der Waals surface area contributed by atoms with Crippen molar-refractivity contribution in [1.29, 1.82) is 0 Å². The first kappa shape index (κ1) is 18.1. The summed E-state index contributed by atoms with van der Waals surface area (Å²) in [6.07, 6.45) is 1.43. The predicted octanol–water partition coefficient (Wildman–Crippen LogP) is 4.57. The molecule has 0 bridgehead atoms. The number of nitrogens with zero attached hydrogens (tertiary/aromatic N) is 1. The Bertz CT molecular complexity index is 924. The summed E-state index contributed by atoms with van der Waals surface area (Å²) in [7, 11) is 0. The number of pyridine rings is 1. The molecule has 1 amide bonds. The predicted molar refractivity (Wildman–Crippen MR) is 103 cm³/mol. The van der Waals surface area contributed by atoms with Crippen molar-refractivity contribution in [2.24, 2.45) is 0 Å². The van der Waals surface area contributed by atoms with E-state index in [1.54, 1.807) is 35.6 Å². The summed E-state index contributed by atoms with van der Waals surface area (Å²) in [5.41, 5.74) is 3.50. The highest BCUT2D eigenvalue weighted by molar-refractivity contribution is 7.08. The Labute approximate surface area is 159 Å². The maximum Gasteiger partial charge on any atom is 0.340 e. The van der Waals surface area contributed by atoms with Gasteiger partial charge < -0.3 is 10.1 Å². The van der Waals surface area contributed by atoms with Gasteiger partial charge in [0.1, 0.15) is 0 Å². The standard InChI is InChI=1S/C19H15ClN2O3S/c1-12-2-4-17(15(20)8-12)22-18(23)10-25-19(24)13-3-5-16(21-9-13)14-6-7-26-11-14/h2-9,11H,10H2,1H3,(H,22,23). The molecule has 0 radical (unpaired) electrons. The van der Waals surface area contributed by atoms with E-state index in [1.165, 1.54) is 6.20 Å². The van der Waals surface area contributed by atoms with Gasteiger partial charge in [-0.1, -0.05) is 17.7 Å². The van der Waals surface area contributed by atoms with Gasteiger partial charge in [0.25, 0.3) is 5.91 Å². The van der Waals surface area contributed by atoms with Crippen LogP contribution in [0, 0.1) is 6.92 Å². The van der Waals surface area contributed by atoms with Gasteiger partial charge in [-0.3, -0.25) is 9.78 Å². The van der Waals surface area contributed by atoms with Crippen molar-refractivity contribution in [3.05, 3.63) is 69.5 Å². The van der Waals surface area contributed by atoms with Crippen molar-refractivity contribution in [1.82, 2.24) is 4.98 Å². The number of anilines is 1. The van der Waals surface area contributed by atoms with Gasteiger partial charge in [0.2, 0.25) is 0 Å². The smallest absolute Gasteiger partial charge is 0.340 e. The highest BCUT2D eigenvalue weighted by Gasteiger charge is 2.12. The molecule has 0 saturated heterocycles. The van der Waals surface area contributed by atoms with Gasteiger partial charge in [-0.15, -0.1) is 0 Å². The van der Waals surface area contributed by atoms with Gasteiger partial charge in [0, 0.05) is 17.1 Å². The van der Waals surface area contributed by atoms with Gasteiger partial charge in [-0.05, 0) is 48.2 Å². The lowest BCUT2D eigenvalue weighted by Crippen LogP contribution is -2.21. The molecule has 0 saturated carbocycles. The van der Waals surface area contributed by atoms with Crippen LogP contribution in [-0.2, 0) is 9.53 Å². The Kier molecular flexibility index (Phi) is 5.65. The molecule has 0 aliphatic rings. The summed E-state index contributed by atoms with van der Waals surface area (Å²) >= 11 is 7.63. The third kappa shape index (κ3) is 4.47. The van der Waals surface area contributed by atoms with E-state index >= 15 is 0 Å². The number of aryl methyl sites for hydroxylation is 1. The fourth-order valence-electron chi connectivity index (χ4n) is 2.22. The molecule has 3 rings (SSSR count). The molecule has 0 unspecified atom stereocenters. The Hall–Kier alpha value is -2.70. The van der Waals surface area contributed by atoms with Gasteiger partial charge in [-0.25, -0.2) is 4.79 Å². The third-order valence-electron chi connectivity index (χ3n) is 3.55. The lowest BCUT2D eigenvalue weighted by molar-refractivity contribution is -0.119. The fraction of sp³-hybridized carbons (Fsp3) is 0.105. The van der Waals surface area contributed by atoms with Crippen LogP contribution in [-0.4, -0.2) is 23.5 Å². The van der Waals surface area contributed by atoms with Crippen LogP contribution in [0.15, 0.2) is 53.4 Å². The van der Waals surface area contributed by atoms with Crippen LogP contribution in [0.4, 0.5) is 5.69 Å². The average Bonchev–Trinajstić information content (AvgIpc) is 3.17. The minimum absolute atomic E-state index is 0.283. The topological polar surface area (TPSA) is 68.3 Å². The molecule has 0 atom stereocenters. The van der Waals surface area contributed by atoms with E-state index in [1.807, 2.05) is 29.8 Å². The zero-order valence-electron chi connectivity index (χ0n) is 13.9. The summed E-state index contributed by atoms with van der Waals surface area (Å²) in [5.74, 6) is -1.08. The normalized spacial score (nSPS) is 10.4. The van der Waals surface area contributed by atoms with Crippen molar-refractivity contribution in [3.8, 4) is 11.3 Å². The number of rotatable bonds is 5. The summed E-state index contributed by atoms with van der Waals surface area (Å²) in [4.78, 5) is 28.2. The molecule has 132 valence electrons. The minimum atomic E-state index is -0.612. The van der Waals surface area contributed by atoms with Crippen molar-refractivity contribution < 1.29 is 14.3 Å². The molecule has 0 aliphatic carbocycles. The lowest BCUT2D eigenvalue weighted by Gasteiger charge is -2.08. The number of amides is 1. The molecule has 2 heterocycles. The maximum absolute atomic E-state index is 12.0. The number of halogens is 1. The van der Waals surface area contributed by atoms with Crippen LogP contribution < -0.4 is 5.32 Å². The highest BCUT2D eigenvalue weighted by atomic mass is 35.5. The Morgan fingerprint density at radius 2 is 2.08 bits per heavy atom. The molecule has 7 heteroatoms. The van der Waals surface area contributed by atoms with Crippen molar-refractivity contribution in [3.63, 3.8) is 0 Å². The second-order valence-corrected chi connectivity index (χ2v) is 6.74. The van der Waals surface area contributed by atoms with Crippen LogP contribution in [0.5, 0.6) is 0 Å². The van der Waals surface area contributed by atoms with E-state index < -0.39 is 18.5 Å². The molecular weight excluding hydrogens is 372 g/mol. The highest BCUT2D eigenvalue weighted by Crippen LogP contribution is 2.23. The molecule has 0 fully saturated rings. The summed E-state index contributed by atoms with van der Waals surface area (Å²) in [5, 5.41) is 6.97. The average molecular weight is 387 g/mol. The van der Waals surface area contributed by atoms with Gasteiger partial charge in [0.05, 0.1) is 22.0 Å². The second kappa shape index (κ2) is 8.12. The minimum Gasteiger partial charge on any atom is -0.452 e. The van der Waals surface area contributed by atoms with Crippen LogP contribution in [0.2, 0.25) is 5.02 Å². The number of carbonyl (C=O) groups is 2. The van der Waals surface area contributed by atoms with E-state index in [9.17, 15) is 9.59 Å². The van der Waals surface area contributed by atoms with Crippen LogP contribution in [0.25, 0.3) is 11.3 Å². The second-order valence-electron chi connectivity index (χ2n) is 5.55. The molecule has 1 aromatic carbocycles. The zero-order chi connectivity index (χ0) is 18.5. The molecule has 5 nitrogen and oxygen atoms in total. The molecule has 3 aromatic rings. The molecule has 1 N–H and O–H groups in total. The number of esters is 1. The number of hydrogen-bond donors (Lipinski definition) is 1. The summed E-state index contributed by atoms with van der Waals surface area (Å²) < 4.78 is 5.02. The molecule has 2 aromatic heterocycles. The Morgan fingerprint density at radius 1 is 1.23 bits per heavy atom. The largest absolute Gasteiger partial charge is 0.452 e. The SMILES string of the molecule is Cc1ccc(NC(=O)COC(=O)c2ccc(-c3ccsc3)nc2)c(Cl)c1. The summed E-state index contributed by atoms with van der Waals surface area (Å²) in [6.45, 7) is 1.49. The number of hydrogen-bond acceptors (Lipinski definition) is 5. The number of carbonyl (C=O) groups excluding carboxylic acids is 2. The number of nitrogens with one attached hydrogen (secondary N) is 1. The first-order chi connectivity index (χ1) is 12.5. The number of benzene rings is 1. The van der Waals surface area contributed by atoms with E-state index in [4.69, 9.17) is 16.3 Å². The lowest BCUT2D eigenvalue weighted by atomic mass is 10.2. The summed E-state index contributed by atoms with van der Waals surface area (Å²) in [6, 6.07) is 10.6. The van der Waals surface area contributed by atoms with E-state index in [0.717, 1.165) is 16.8 Å². The van der Waals surface area contributed by atoms with Crippen molar-refractivity contribution in [2.45, 2.75) is 6.92 Å². The number of ether oxygens (including phenoxy) is 1. The zero-order valence-corrected chi connectivity index (χ0v) is 15.4. The Balaban J connectivity index is 1.55. The molecule has 0 spiro atoms. The van der Waals surface area contributed by atoms with Crippen LogP contribution >= 0.6 is 22.9 Å². The van der Waals surface area contributed by atoms with E-state index in [-0.39, 0.29) is 5.56 Å². The number of thiophene rings is 1. The van der Waals surface area contributed by atoms with Crippen molar-refractivity contribution >= 4 is 40.5 Å². The first-order valence-electron chi connectivity index (χ1n) is 7.74. The van der Waals surface area contributed by atoms with Crippen molar-refractivity contribution in [2.75, 3.05) is 11.9 Å². The molecule has 26 heavy (non-hydrogen) atoms.